The molecule has 1 aliphatic heterocycles. The van der Waals surface area contributed by atoms with Gasteiger partial charge in [-0.25, -0.2) is 4.98 Å². The third kappa shape index (κ3) is 5.35. The van der Waals surface area contributed by atoms with E-state index in [0.717, 1.165) is 5.56 Å². The van der Waals surface area contributed by atoms with Crippen LogP contribution in [0.15, 0.2) is 85.6 Å². The Labute approximate surface area is 224 Å². The zero-order valence-electron chi connectivity index (χ0n) is 20.9. The largest absolute Gasteiger partial charge is 0.338 e. The molecule has 190 valence electrons. The molecule has 0 saturated heterocycles. The number of rotatable bonds is 7. The number of carbonyl (C=O) groups excluding carboxylic acids is 2. The van der Waals surface area contributed by atoms with E-state index >= 15 is 0 Å². The van der Waals surface area contributed by atoms with Crippen molar-refractivity contribution in [1.29, 1.82) is 5.26 Å². The minimum Gasteiger partial charge on any atom is -0.338 e. The van der Waals surface area contributed by atoms with Gasteiger partial charge in [-0.3, -0.25) is 9.59 Å². The highest BCUT2D eigenvalue weighted by atomic mass is 16.2. The molecule has 0 saturated carbocycles. The lowest BCUT2D eigenvalue weighted by Crippen LogP contribution is -2.10. The first-order valence-electron chi connectivity index (χ1n) is 12.0. The predicted molar refractivity (Wildman–Crippen MR) is 153 cm³/mol. The van der Waals surface area contributed by atoms with Gasteiger partial charge < -0.3 is 21.3 Å². The van der Waals surface area contributed by atoms with Crippen LogP contribution < -0.4 is 21.3 Å². The second-order valence-corrected chi connectivity index (χ2v) is 8.69. The Balaban J connectivity index is 1.42. The molecule has 1 aromatic heterocycles. The fourth-order valence-corrected chi connectivity index (χ4v) is 4.06. The third-order valence-corrected chi connectivity index (χ3v) is 6.03. The SMILES string of the molecule is C=CC(=O)Nc1ccccc1Nc1nc(Nc2ccc3c(c2)/C(=C/c2ccccc2C#N)C(=O)N3)ncc1C. The molecule has 4 N–H and O–H groups in total. The summed E-state index contributed by atoms with van der Waals surface area (Å²) in [6.45, 7) is 5.37. The second-order valence-electron chi connectivity index (χ2n) is 8.69. The molecule has 0 spiro atoms. The Morgan fingerprint density at radius 2 is 1.82 bits per heavy atom. The maximum absolute atomic E-state index is 12.7. The normalized spacial score (nSPS) is 12.7. The fraction of sp³-hybridized carbons (Fsp3) is 0.0333. The van der Waals surface area contributed by atoms with E-state index in [9.17, 15) is 14.9 Å². The molecule has 5 rings (SSSR count). The van der Waals surface area contributed by atoms with Gasteiger partial charge in [-0.2, -0.15) is 10.2 Å². The van der Waals surface area contributed by atoms with Gasteiger partial charge in [-0.15, -0.1) is 0 Å². The van der Waals surface area contributed by atoms with Crippen molar-refractivity contribution in [3.05, 3.63) is 108 Å². The smallest absolute Gasteiger partial charge is 0.256 e. The summed E-state index contributed by atoms with van der Waals surface area (Å²) in [4.78, 5) is 33.6. The van der Waals surface area contributed by atoms with E-state index in [4.69, 9.17) is 0 Å². The van der Waals surface area contributed by atoms with Gasteiger partial charge in [-0.1, -0.05) is 36.9 Å². The highest BCUT2D eigenvalue weighted by molar-refractivity contribution is 6.35. The molecule has 0 unspecified atom stereocenters. The molecule has 9 heteroatoms. The van der Waals surface area contributed by atoms with E-state index < -0.39 is 0 Å². The summed E-state index contributed by atoms with van der Waals surface area (Å²) in [5.74, 6) is 0.336. The summed E-state index contributed by atoms with van der Waals surface area (Å²) >= 11 is 0. The zero-order valence-corrected chi connectivity index (χ0v) is 20.9. The monoisotopic (exact) mass is 513 g/mol. The van der Waals surface area contributed by atoms with Gasteiger partial charge in [0.05, 0.1) is 23.0 Å². The Bertz CT molecular complexity index is 1700. The van der Waals surface area contributed by atoms with E-state index in [1.54, 1.807) is 42.6 Å². The maximum atomic E-state index is 12.7. The number of nitriles is 1. The van der Waals surface area contributed by atoms with Crippen molar-refractivity contribution in [2.45, 2.75) is 6.92 Å². The molecule has 9 nitrogen and oxygen atoms in total. The summed E-state index contributed by atoms with van der Waals surface area (Å²) in [7, 11) is 0. The number of aromatic nitrogens is 2. The lowest BCUT2D eigenvalue weighted by molar-refractivity contribution is -0.112. The van der Waals surface area contributed by atoms with Crippen LogP contribution in [0, 0.1) is 18.3 Å². The van der Waals surface area contributed by atoms with Crippen molar-refractivity contribution < 1.29 is 9.59 Å². The quantitative estimate of drug-likeness (QED) is 0.231. The number of anilines is 6. The van der Waals surface area contributed by atoms with Crippen LogP contribution in [0.3, 0.4) is 0 Å². The van der Waals surface area contributed by atoms with Crippen LogP contribution in [-0.2, 0) is 9.59 Å². The van der Waals surface area contributed by atoms with Crippen molar-refractivity contribution in [3.63, 3.8) is 0 Å². The number of carbonyl (C=O) groups is 2. The van der Waals surface area contributed by atoms with E-state index in [2.05, 4.69) is 43.9 Å². The topological polar surface area (TPSA) is 132 Å². The van der Waals surface area contributed by atoms with Gasteiger partial charge in [0, 0.05) is 34.3 Å². The van der Waals surface area contributed by atoms with Gasteiger partial charge in [0.25, 0.3) is 5.91 Å². The first-order chi connectivity index (χ1) is 18.9. The first kappa shape index (κ1) is 24.9. The molecule has 3 aromatic carbocycles. The van der Waals surface area contributed by atoms with Crippen molar-refractivity contribution in [2.24, 2.45) is 0 Å². The minimum absolute atomic E-state index is 0.241. The molecule has 39 heavy (non-hydrogen) atoms. The van der Waals surface area contributed by atoms with Gasteiger partial charge in [0.1, 0.15) is 5.82 Å². The molecule has 1 aliphatic rings. The molecule has 0 radical (unpaired) electrons. The molecule has 2 heterocycles. The summed E-state index contributed by atoms with van der Waals surface area (Å²) < 4.78 is 0. The Morgan fingerprint density at radius 3 is 2.62 bits per heavy atom. The summed E-state index contributed by atoms with van der Waals surface area (Å²) in [6, 6.07) is 22.0. The lowest BCUT2D eigenvalue weighted by atomic mass is 10.0. The zero-order chi connectivity index (χ0) is 27.4. The number of hydrogen-bond acceptors (Lipinski definition) is 7. The van der Waals surface area contributed by atoms with Crippen molar-refractivity contribution in [2.75, 3.05) is 21.3 Å². The number of amides is 2. The number of nitrogens with one attached hydrogen (secondary N) is 4. The second kappa shape index (κ2) is 10.7. The van der Waals surface area contributed by atoms with Crippen molar-refractivity contribution >= 4 is 58.0 Å². The average molecular weight is 514 g/mol. The Hall–Kier alpha value is -5.75. The molecule has 2 amide bonds. The number of para-hydroxylation sites is 2. The van der Waals surface area contributed by atoms with Crippen LogP contribution in [0.4, 0.5) is 34.5 Å². The van der Waals surface area contributed by atoms with E-state index in [1.807, 2.05) is 43.3 Å². The van der Waals surface area contributed by atoms with Crippen LogP contribution >= 0.6 is 0 Å². The van der Waals surface area contributed by atoms with Gasteiger partial charge in [-0.05, 0) is 61.0 Å². The standard InChI is InChI=1S/C30H23N7O2/c1-3-27(38)34-25-10-6-7-11-26(25)35-28-18(2)17-32-30(37-28)33-21-12-13-24-22(15-21)23(29(39)36-24)14-19-8-4-5-9-20(19)16-31/h3-15,17H,1H2,2H3,(H,34,38)(H,36,39)(H2,32,33,35,37)/b23-14-. The summed E-state index contributed by atoms with van der Waals surface area (Å²) in [6.07, 6.45) is 4.61. The molecule has 4 aromatic rings. The third-order valence-electron chi connectivity index (χ3n) is 6.03. The highest BCUT2D eigenvalue weighted by Gasteiger charge is 2.25. The molecule has 0 bridgehead atoms. The Kier molecular flexibility index (Phi) is 6.84. The number of aryl methyl sites for hydroxylation is 1. The van der Waals surface area contributed by atoms with E-state index in [-0.39, 0.29) is 11.8 Å². The van der Waals surface area contributed by atoms with Crippen molar-refractivity contribution in [3.8, 4) is 6.07 Å². The molecule has 0 atom stereocenters. The molecular formula is C30H23N7O2. The summed E-state index contributed by atoms with van der Waals surface area (Å²) in [5, 5.41) is 21.5. The number of hydrogen-bond donors (Lipinski definition) is 4. The summed E-state index contributed by atoms with van der Waals surface area (Å²) in [5.41, 5.74) is 5.72. The first-order valence-corrected chi connectivity index (χ1v) is 12.0. The average Bonchev–Trinajstić information content (AvgIpc) is 3.25. The van der Waals surface area contributed by atoms with Crippen LogP contribution in [0.5, 0.6) is 0 Å². The number of fused-ring (bicyclic) bond motifs is 1. The maximum Gasteiger partial charge on any atom is 0.256 e. The molecule has 0 aliphatic carbocycles. The van der Waals surface area contributed by atoms with Crippen LogP contribution in [0.25, 0.3) is 11.6 Å². The van der Waals surface area contributed by atoms with Gasteiger partial charge >= 0.3 is 0 Å². The number of nitrogens with zero attached hydrogens (tertiary/aromatic N) is 3. The van der Waals surface area contributed by atoms with Gasteiger partial charge in [0.15, 0.2) is 0 Å². The van der Waals surface area contributed by atoms with Gasteiger partial charge in [0.2, 0.25) is 11.9 Å². The Morgan fingerprint density at radius 1 is 1.05 bits per heavy atom. The lowest BCUT2D eigenvalue weighted by Gasteiger charge is -2.14. The molecular weight excluding hydrogens is 490 g/mol. The fourth-order valence-electron chi connectivity index (χ4n) is 4.06. The van der Waals surface area contributed by atoms with Crippen LogP contribution in [0.2, 0.25) is 0 Å². The number of benzene rings is 3. The van der Waals surface area contributed by atoms with Crippen LogP contribution in [-0.4, -0.2) is 21.8 Å². The molecule has 0 fully saturated rings. The highest BCUT2D eigenvalue weighted by Crippen LogP contribution is 2.36. The van der Waals surface area contributed by atoms with Crippen LogP contribution in [0.1, 0.15) is 22.3 Å². The van der Waals surface area contributed by atoms with E-state index in [0.29, 0.717) is 56.8 Å². The predicted octanol–water partition coefficient (Wildman–Crippen LogP) is 5.76. The minimum atomic E-state index is -0.319. The van der Waals surface area contributed by atoms with Crippen molar-refractivity contribution in [1.82, 2.24) is 9.97 Å². The van der Waals surface area contributed by atoms with E-state index in [1.165, 1.54) is 6.08 Å².